The molecule has 6 nitrogen and oxygen atoms in total. The second kappa shape index (κ2) is 8.97. The predicted octanol–water partition coefficient (Wildman–Crippen LogP) is 3.36. The number of methoxy groups -OCH3 is 1. The van der Waals surface area contributed by atoms with Crippen molar-refractivity contribution in [3.8, 4) is 5.75 Å². The van der Waals surface area contributed by atoms with E-state index in [4.69, 9.17) is 16.3 Å². The highest BCUT2D eigenvalue weighted by atomic mass is 35.5. The number of nitrogens with zero attached hydrogens (tertiary/aromatic N) is 1. The van der Waals surface area contributed by atoms with Crippen molar-refractivity contribution in [2.45, 2.75) is 18.9 Å². The van der Waals surface area contributed by atoms with Gasteiger partial charge in [0.25, 0.3) is 0 Å². The van der Waals surface area contributed by atoms with Gasteiger partial charge in [-0.05, 0) is 43.2 Å². The number of piperidine rings is 1. The lowest BCUT2D eigenvalue weighted by atomic mass is 10.1. The number of hydrogen-bond acceptors (Lipinski definition) is 5. The Morgan fingerprint density at radius 3 is 2.70 bits per heavy atom. The summed E-state index contributed by atoms with van der Waals surface area (Å²) in [5.74, 6) is 0.361. The molecule has 1 heterocycles. The van der Waals surface area contributed by atoms with Gasteiger partial charge in [-0.1, -0.05) is 23.7 Å². The van der Waals surface area contributed by atoms with Crippen molar-refractivity contribution in [3.63, 3.8) is 0 Å². The number of carbonyl (C=O) groups excluding carboxylic acids is 1. The van der Waals surface area contributed by atoms with Gasteiger partial charge in [0, 0.05) is 18.1 Å². The maximum Gasteiger partial charge on any atom is 0.243 e. The molecule has 1 aliphatic heterocycles. The SMILES string of the molecule is COc1ccc(Cl)cc1NC(=O)CNc1ccccc1N1CCC(O)CC1. The van der Waals surface area contributed by atoms with Gasteiger partial charge >= 0.3 is 0 Å². The number of amides is 1. The molecule has 0 bridgehead atoms. The molecule has 0 aromatic heterocycles. The number of para-hydroxylation sites is 2. The van der Waals surface area contributed by atoms with E-state index >= 15 is 0 Å². The first-order chi connectivity index (χ1) is 13.1. The number of nitrogens with one attached hydrogen (secondary N) is 2. The smallest absolute Gasteiger partial charge is 0.243 e. The third kappa shape index (κ3) is 5.05. The number of carbonyl (C=O) groups is 1. The fourth-order valence-electron chi connectivity index (χ4n) is 3.15. The average molecular weight is 390 g/mol. The third-order valence-corrected chi connectivity index (χ3v) is 4.82. The van der Waals surface area contributed by atoms with Gasteiger partial charge in [0.15, 0.2) is 0 Å². The Morgan fingerprint density at radius 2 is 1.96 bits per heavy atom. The Balaban J connectivity index is 1.63. The van der Waals surface area contributed by atoms with Crippen LogP contribution >= 0.6 is 11.6 Å². The molecule has 1 aliphatic rings. The van der Waals surface area contributed by atoms with Crippen LogP contribution in [0.2, 0.25) is 5.02 Å². The molecule has 144 valence electrons. The van der Waals surface area contributed by atoms with Crippen molar-refractivity contribution >= 4 is 34.6 Å². The van der Waals surface area contributed by atoms with Gasteiger partial charge in [-0.2, -0.15) is 0 Å². The van der Waals surface area contributed by atoms with Crippen molar-refractivity contribution in [2.75, 3.05) is 42.3 Å². The first-order valence-electron chi connectivity index (χ1n) is 8.96. The molecular weight excluding hydrogens is 366 g/mol. The first-order valence-corrected chi connectivity index (χ1v) is 9.34. The molecule has 0 atom stereocenters. The molecule has 0 saturated carbocycles. The van der Waals surface area contributed by atoms with Crippen molar-refractivity contribution in [1.29, 1.82) is 0 Å². The van der Waals surface area contributed by atoms with Gasteiger partial charge in [0.05, 0.1) is 36.8 Å². The van der Waals surface area contributed by atoms with Crippen LogP contribution in [0, 0.1) is 0 Å². The van der Waals surface area contributed by atoms with Crippen LogP contribution < -0.4 is 20.3 Å². The van der Waals surface area contributed by atoms with E-state index in [1.54, 1.807) is 25.3 Å². The normalized spacial score (nSPS) is 14.7. The van der Waals surface area contributed by atoms with E-state index in [1.165, 1.54) is 0 Å². The van der Waals surface area contributed by atoms with Gasteiger partial charge in [-0.3, -0.25) is 4.79 Å². The van der Waals surface area contributed by atoms with Gasteiger partial charge in [-0.15, -0.1) is 0 Å². The fraction of sp³-hybridized carbons (Fsp3) is 0.350. The summed E-state index contributed by atoms with van der Waals surface area (Å²) in [6.45, 7) is 1.71. The summed E-state index contributed by atoms with van der Waals surface area (Å²) in [5.41, 5.74) is 2.47. The molecule has 0 unspecified atom stereocenters. The third-order valence-electron chi connectivity index (χ3n) is 4.58. The standard InChI is InChI=1S/C20H24ClN3O3/c1-27-19-7-6-14(21)12-17(19)23-20(26)13-22-16-4-2-3-5-18(16)24-10-8-15(25)9-11-24/h2-7,12,15,22,25H,8-11,13H2,1H3,(H,23,26). The van der Waals surface area contributed by atoms with E-state index in [9.17, 15) is 9.90 Å². The summed E-state index contributed by atoms with van der Waals surface area (Å²) in [6, 6.07) is 13.0. The van der Waals surface area contributed by atoms with Crippen LogP contribution in [0.4, 0.5) is 17.1 Å². The molecule has 0 radical (unpaired) electrons. The molecule has 3 N–H and O–H groups in total. The van der Waals surface area contributed by atoms with E-state index in [2.05, 4.69) is 15.5 Å². The average Bonchev–Trinajstić information content (AvgIpc) is 2.67. The highest BCUT2D eigenvalue weighted by Crippen LogP contribution is 2.29. The summed E-state index contributed by atoms with van der Waals surface area (Å²) in [6.07, 6.45) is 1.28. The first kappa shape index (κ1) is 19.3. The Bertz CT molecular complexity index is 792. The molecule has 27 heavy (non-hydrogen) atoms. The van der Waals surface area contributed by atoms with E-state index in [-0.39, 0.29) is 18.6 Å². The summed E-state index contributed by atoms with van der Waals surface area (Å²) >= 11 is 6.00. The van der Waals surface area contributed by atoms with Crippen molar-refractivity contribution in [2.24, 2.45) is 0 Å². The largest absolute Gasteiger partial charge is 0.495 e. The van der Waals surface area contributed by atoms with E-state index in [0.29, 0.717) is 16.5 Å². The molecule has 1 amide bonds. The monoisotopic (exact) mass is 389 g/mol. The lowest BCUT2D eigenvalue weighted by molar-refractivity contribution is -0.114. The minimum absolute atomic E-state index is 0.114. The highest BCUT2D eigenvalue weighted by Gasteiger charge is 2.19. The van der Waals surface area contributed by atoms with Crippen LogP contribution in [0.15, 0.2) is 42.5 Å². The predicted molar refractivity (Wildman–Crippen MR) is 109 cm³/mol. The van der Waals surface area contributed by atoms with Crippen LogP contribution in [0.1, 0.15) is 12.8 Å². The van der Waals surface area contributed by atoms with Crippen LogP contribution in [0.3, 0.4) is 0 Å². The highest BCUT2D eigenvalue weighted by molar-refractivity contribution is 6.31. The molecule has 0 aliphatic carbocycles. The van der Waals surface area contributed by atoms with Crippen molar-refractivity contribution in [1.82, 2.24) is 0 Å². The lowest BCUT2D eigenvalue weighted by Crippen LogP contribution is -2.36. The van der Waals surface area contributed by atoms with Crippen LogP contribution in [0.5, 0.6) is 5.75 Å². The number of halogens is 1. The second-order valence-electron chi connectivity index (χ2n) is 6.48. The molecule has 2 aromatic rings. The van der Waals surface area contributed by atoms with Crippen molar-refractivity contribution < 1.29 is 14.6 Å². The Labute approximate surface area is 164 Å². The molecule has 7 heteroatoms. The zero-order valence-electron chi connectivity index (χ0n) is 15.2. The Hall–Kier alpha value is -2.44. The number of ether oxygens (including phenoxy) is 1. The minimum atomic E-state index is -0.222. The van der Waals surface area contributed by atoms with E-state index < -0.39 is 0 Å². The number of hydrogen-bond donors (Lipinski definition) is 3. The molecule has 0 spiro atoms. The van der Waals surface area contributed by atoms with Gasteiger partial charge < -0.3 is 25.4 Å². The van der Waals surface area contributed by atoms with Gasteiger partial charge in [0.2, 0.25) is 5.91 Å². The number of benzene rings is 2. The maximum atomic E-state index is 12.4. The van der Waals surface area contributed by atoms with E-state index in [0.717, 1.165) is 37.3 Å². The van der Waals surface area contributed by atoms with Crippen LogP contribution in [-0.2, 0) is 4.79 Å². The zero-order chi connectivity index (χ0) is 19.2. The number of rotatable bonds is 6. The second-order valence-corrected chi connectivity index (χ2v) is 6.92. The summed E-state index contributed by atoms with van der Waals surface area (Å²) in [5, 5.41) is 16.3. The number of aliphatic hydroxyl groups excluding tert-OH is 1. The van der Waals surface area contributed by atoms with Crippen LogP contribution in [0.25, 0.3) is 0 Å². The molecule has 3 rings (SSSR count). The number of anilines is 3. The molecular formula is C20H24ClN3O3. The van der Waals surface area contributed by atoms with Gasteiger partial charge in [-0.25, -0.2) is 0 Å². The quantitative estimate of drug-likeness (QED) is 0.706. The molecule has 1 saturated heterocycles. The fourth-order valence-corrected chi connectivity index (χ4v) is 3.33. The summed E-state index contributed by atoms with van der Waals surface area (Å²) < 4.78 is 5.25. The topological polar surface area (TPSA) is 73.8 Å². The lowest BCUT2D eigenvalue weighted by Gasteiger charge is -2.32. The zero-order valence-corrected chi connectivity index (χ0v) is 16.0. The minimum Gasteiger partial charge on any atom is -0.495 e. The maximum absolute atomic E-state index is 12.4. The Kier molecular flexibility index (Phi) is 6.42. The van der Waals surface area contributed by atoms with Crippen molar-refractivity contribution in [3.05, 3.63) is 47.5 Å². The summed E-state index contributed by atoms with van der Waals surface area (Å²) in [4.78, 5) is 14.6. The van der Waals surface area contributed by atoms with Gasteiger partial charge in [0.1, 0.15) is 5.75 Å². The molecule has 1 fully saturated rings. The molecule has 2 aromatic carbocycles. The van der Waals surface area contributed by atoms with E-state index in [1.807, 2.05) is 24.3 Å². The number of aliphatic hydroxyl groups is 1. The summed E-state index contributed by atoms with van der Waals surface area (Å²) in [7, 11) is 1.54. The Morgan fingerprint density at radius 1 is 1.22 bits per heavy atom. The van der Waals surface area contributed by atoms with Crippen LogP contribution in [-0.4, -0.2) is 43.9 Å².